The monoisotopic (exact) mass is 445 g/mol. The molecule has 2 N–H and O–H groups in total. The molecule has 176 valence electrons. The minimum atomic E-state index is -1.09. The van der Waals surface area contributed by atoms with Crippen molar-refractivity contribution in [3.63, 3.8) is 0 Å². The van der Waals surface area contributed by atoms with Crippen LogP contribution in [0.5, 0.6) is 0 Å². The summed E-state index contributed by atoms with van der Waals surface area (Å²) >= 11 is 0. The van der Waals surface area contributed by atoms with Gasteiger partial charge in [0.15, 0.2) is 0 Å². The minimum absolute atomic E-state index is 0.0711. The largest absolute Gasteiger partial charge is 0.380 e. The first-order chi connectivity index (χ1) is 15.5. The van der Waals surface area contributed by atoms with Gasteiger partial charge in [0.1, 0.15) is 5.60 Å². The molecule has 1 atom stereocenters. The molecule has 4 nitrogen and oxygen atoms in total. The van der Waals surface area contributed by atoms with Crippen molar-refractivity contribution in [2.75, 3.05) is 20.1 Å². The van der Waals surface area contributed by atoms with Gasteiger partial charge >= 0.3 is 0 Å². The number of nitrogens with zero attached hydrogens (tertiary/aromatic N) is 2. The molecule has 4 heteroatoms. The fourth-order valence-corrected chi connectivity index (χ4v) is 5.51. The van der Waals surface area contributed by atoms with Crippen molar-refractivity contribution in [3.05, 3.63) is 89.0 Å². The molecule has 1 aliphatic rings. The number of hydrogen-bond donors (Lipinski definition) is 2. The van der Waals surface area contributed by atoms with E-state index in [0.29, 0.717) is 5.92 Å². The molecule has 1 saturated heterocycles. The molecule has 1 aliphatic heterocycles. The number of likely N-dealkylation sites (tertiary alicyclic amines) is 1. The standard InChI is InChI=1S/C29H39N3O/c1-21(2)23-7-9-24(10-8-23)29(33,28(5)19-32(6)20-28)26-15-22(16-31-18-26)11-13-27(3,4)25-12-14-30-17-25/h7-10,12,14-18,21,30,33H,11,13,19-20H2,1-6H3/t29-/m0/s1. The Hall–Kier alpha value is -2.43. The number of rotatable bonds is 8. The molecule has 1 fully saturated rings. The van der Waals surface area contributed by atoms with Crippen molar-refractivity contribution in [3.8, 4) is 0 Å². The number of H-pyrrole nitrogens is 1. The molecule has 2 aromatic heterocycles. The van der Waals surface area contributed by atoms with Crippen LogP contribution >= 0.6 is 0 Å². The molecule has 0 aliphatic carbocycles. The summed E-state index contributed by atoms with van der Waals surface area (Å²) in [5.41, 5.74) is 4.34. The Morgan fingerprint density at radius 2 is 1.76 bits per heavy atom. The van der Waals surface area contributed by atoms with Gasteiger partial charge in [0.2, 0.25) is 0 Å². The summed E-state index contributed by atoms with van der Waals surface area (Å²) in [7, 11) is 2.11. The van der Waals surface area contributed by atoms with E-state index in [9.17, 15) is 5.11 Å². The third-order valence-electron chi connectivity index (χ3n) is 7.74. The lowest BCUT2D eigenvalue weighted by atomic mass is 9.62. The van der Waals surface area contributed by atoms with E-state index in [-0.39, 0.29) is 10.8 Å². The van der Waals surface area contributed by atoms with Crippen LogP contribution in [0.3, 0.4) is 0 Å². The zero-order valence-electron chi connectivity index (χ0n) is 21.0. The number of benzene rings is 1. The van der Waals surface area contributed by atoms with E-state index < -0.39 is 5.60 Å². The molecule has 0 spiro atoms. The number of nitrogens with one attached hydrogen (secondary N) is 1. The Morgan fingerprint density at radius 3 is 2.33 bits per heavy atom. The van der Waals surface area contributed by atoms with Gasteiger partial charge in [-0.15, -0.1) is 0 Å². The second kappa shape index (κ2) is 8.73. The van der Waals surface area contributed by atoms with Crippen molar-refractivity contribution in [2.45, 2.75) is 64.4 Å². The fourth-order valence-electron chi connectivity index (χ4n) is 5.51. The highest BCUT2D eigenvalue weighted by Crippen LogP contribution is 2.50. The van der Waals surface area contributed by atoms with Gasteiger partial charge in [0.25, 0.3) is 0 Å². The summed E-state index contributed by atoms with van der Waals surface area (Å²) in [6.45, 7) is 12.9. The van der Waals surface area contributed by atoms with E-state index in [1.807, 2.05) is 18.6 Å². The normalized spacial score (nSPS) is 18.2. The minimum Gasteiger partial charge on any atom is -0.380 e. The van der Waals surface area contributed by atoms with Crippen molar-refractivity contribution in [1.29, 1.82) is 0 Å². The van der Waals surface area contributed by atoms with Crippen molar-refractivity contribution >= 4 is 0 Å². The topological polar surface area (TPSA) is 52.2 Å². The summed E-state index contributed by atoms with van der Waals surface area (Å²) in [6, 6.07) is 12.9. The van der Waals surface area contributed by atoms with Gasteiger partial charge in [0.05, 0.1) is 0 Å². The van der Waals surface area contributed by atoms with Gasteiger partial charge in [-0.05, 0) is 65.6 Å². The van der Waals surface area contributed by atoms with Crippen LogP contribution in [0.15, 0.2) is 61.2 Å². The lowest BCUT2D eigenvalue weighted by molar-refractivity contribution is -0.127. The summed E-state index contributed by atoms with van der Waals surface area (Å²) in [5.74, 6) is 0.464. The van der Waals surface area contributed by atoms with E-state index in [1.54, 1.807) is 0 Å². The zero-order chi connectivity index (χ0) is 23.9. The van der Waals surface area contributed by atoms with Crippen LogP contribution < -0.4 is 0 Å². The highest BCUT2D eigenvalue weighted by Gasteiger charge is 2.55. The quantitative estimate of drug-likeness (QED) is 0.472. The van der Waals surface area contributed by atoms with Crippen LogP contribution in [0.25, 0.3) is 0 Å². The van der Waals surface area contributed by atoms with Gasteiger partial charge in [0, 0.05) is 48.9 Å². The van der Waals surface area contributed by atoms with E-state index in [0.717, 1.165) is 37.1 Å². The Morgan fingerprint density at radius 1 is 1.06 bits per heavy atom. The first-order valence-corrected chi connectivity index (χ1v) is 12.1. The number of aromatic nitrogens is 2. The smallest absolute Gasteiger partial charge is 0.124 e. The van der Waals surface area contributed by atoms with E-state index >= 15 is 0 Å². The maximum absolute atomic E-state index is 12.4. The fraction of sp³-hybridized carbons (Fsp3) is 0.483. The zero-order valence-corrected chi connectivity index (χ0v) is 21.0. The molecular formula is C29H39N3O. The molecule has 33 heavy (non-hydrogen) atoms. The summed E-state index contributed by atoms with van der Waals surface area (Å²) < 4.78 is 0. The third kappa shape index (κ3) is 4.39. The van der Waals surface area contributed by atoms with Crippen molar-refractivity contribution < 1.29 is 5.11 Å². The highest BCUT2D eigenvalue weighted by molar-refractivity contribution is 5.42. The first-order valence-electron chi connectivity index (χ1n) is 12.1. The predicted octanol–water partition coefficient (Wildman–Crippen LogP) is 5.63. The lowest BCUT2D eigenvalue weighted by Gasteiger charge is -2.56. The van der Waals surface area contributed by atoms with Gasteiger partial charge in [-0.3, -0.25) is 4.98 Å². The maximum atomic E-state index is 12.4. The van der Waals surface area contributed by atoms with Crippen LogP contribution in [-0.2, 0) is 17.4 Å². The Labute approximate surface area is 199 Å². The highest BCUT2D eigenvalue weighted by atomic mass is 16.3. The Bertz CT molecular complexity index is 1060. The van der Waals surface area contributed by atoms with Gasteiger partial charge < -0.3 is 15.0 Å². The third-order valence-corrected chi connectivity index (χ3v) is 7.74. The van der Waals surface area contributed by atoms with Gasteiger partial charge in [-0.25, -0.2) is 0 Å². The van der Waals surface area contributed by atoms with Gasteiger partial charge in [-0.2, -0.15) is 0 Å². The molecule has 3 aromatic rings. The van der Waals surface area contributed by atoms with E-state index in [2.05, 4.69) is 99.1 Å². The van der Waals surface area contributed by atoms with Crippen LogP contribution in [0.2, 0.25) is 0 Å². The van der Waals surface area contributed by atoms with Crippen LogP contribution in [0, 0.1) is 5.41 Å². The first kappa shape index (κ1) is 23.7. The maximum Gasteiger partial charge on any atom is 0.124 e. The molecule has 0 radical (unpaired) electrons. The van der Waals surface area contributed by atoms with E-state index in [1.165, 1.54) is 16.7 Å². The predicted molar refractivity (Wildman–Crippen MR) is 136 cm³/mol. The number of aromatic amines is 1. The second-order valence-corrected chi connectivity index (χ2v) is 11.3. The van der Waals surface area contributed by atoms with Crippen molar-refractivity contribution in [1.82, 2.24) is 14.9 Å². The number of pyridine rings is 1. The Balaban J connectivity index is 1.67. The molecule has 0 saturated carbocycles. The molecule has 0 amide bonds. The number of aliphatic hydroxyl groups is 1. The molecule has 3 heterocycles. The molecule has 0 unspecified atom stereocenters. The average molecular weight is 446 g/mol. The summed E-state index contributed by atoms with van der Waals surface area (Å²) in [4.78, 5) is 10.0. The summed E-state index contributed by atoms with van der Waals surface area (Å²) in [6.07, 6.45) is 9.81. The van der Waals surface area contributed by atoms with E-state index in [4.69, 9.17) is 0 Å². The summed E-state index contributed by atoms with van der Waals surface area (Å²) in [5, 5.41) is 12.4. The molecular weight excluding hydrogens is 406 g/mol. The molecule has 1 aromatic carbocycles. The van der Waals surface area contributed by atoms with Crippen molar-refractivity contribution in [2.24, 2.45) is 5.41 Å². The molecule has 0 bridgehead atoms. The van der Waals surface area contributed by atoms with Gasteiger partial charge in [-0.1, -0.05) is 58.9 Å². The average Bonchev–Trinajstić information content (AvgIpc) is 3.32. The Kier molecular flexibility index (Phi) is 6.28. The van der Waals surface area contributed by atoms with Crippen LogP contribution in [0.4, 0.5) is 0 Å². The van der Waals surface area contributed by atoms with Crippen LogP contribution in [0.1, 0.15) is 74.8 Å². The number of aryl methyl sites for hydroxylation is 1. The molecule has 4 rings (SSSR count). The SMILES string of the molecule is CC(C)c1ccc([C@](O)(c2cncc(CCC(C)(C)c3cc[nH]c3)c2)C2(C)CN(C)C2)cc1. The number of hydrogen-bond acceptors (Lipinski definition) is 3. The van der Waals surface area contributed by atoms with Crippen LogP contribution in [-0.4, -0.2) is 40.1 Å². The second-order valence-electron chi connectivity index (χ2n) is 11.3. The lowest BCUT2D eigenvalue weighted by Crippen LogP contribution is -2.63.